The number of nitrogens with one attached hydrogen (secondary N) is 2. The van der Waals surface area contributed by atoms with Gasteiger partial charge in [-0.15, -0.1) is 10.2 Å². The molecule has 0 aliphatic rings. The highest BCUT2D eigenvalue weighted by Crippen LogP contribution is 2.36. The topological polar surface area (TPSA) is 90.3 Å². The Morgan fingerprint density at radius 3 is 2.08 bits per heavy atom. The number of allylic oxidation sites excluding steroid dienone is 1. The van der Waals surface area contributed by atoms with Gasteiger partial charge in [0.2, 0.25) is 5.82 Å². The Morgan fingerprint density at radius 2 is 1.68 bits per heavy atom. The van der Waals surface area contributed by atoms with Crippen LogP contribution in [0.3, 0.4) is 0 Å². The predicted octanol–water partition coefficient (Wildman–Crippen LogP) is 4.55. The van der Waals surface area contributed by atoms with Crippen molar-refractivity contribution in [2.75, 3.05) is 5.32 Å². The lowest BCUT2D eigenvalue weighted by Crippen LogP contribution is -2.06. The molecule has 132 valence electrons. The van der Waals surface area contributed by atoms with E-state index in [4.69, 9.17) is 0 Å². The van der Waals surface area contributed by atoms with Crippen LogP contribution in [0.5, 0.6) is 0 Å². The molecule has 0 saturated heterocycles. The number of aromatic amines is 1. The van der Waals surface area contributed by atoms with Crippen molar-refractivity contribution in [3.63, 3.8) is 0 Å². The molecule has 1 aromatic carbocycles. The molecule has 0 bridgehead atoms. The number of tetrazole rings is 1. The molecule has 0 radical (unpaired) electrons. The first-order chi connectivity index (χ1) is 11.8. The van der Waals surface area contributed by atoms with Crippen LogP contribution in [0.2, 0.25) is 0 Å². The van der Waals surface area contributed by atoms with Gasteiger partial charge in [-0.3, -0.25) is 0 Å². The summed E-state index contributed by atoms with van der Waals surface area (Å²) in [6.07, 6.45) is 1.66. The molecular weight excluding hydrogens is 312 g/mol. The molecule has 0 unspecified atom stereocenters. The van der Waals surface area contributed by atoms with Crippen molar-refractivity contribution in [3.8, 4) is 6.07 Å². The first-order valence-corrected chi connectivity index (χ1v) is 8.63. The third-order valence-corrected chi connectivity index (χ3v) is 4.20. The average molecular weight is 338 g/mol. The number of anilines is 1. The number of aromatic nitrogens is 4. The van der Waals surface area contributed by atoms with Gasteiger partial charge in [0, 0.05) is 11.9 Å². The molecule has 0 saturated carbocycles. The van der Waals surface area contributed by atoms with Crippen molar-refractivity contribution in [2.45, 2.75) is 59.3 Å². The monoisotopic (exact) mass is 338 g/mol. The van der Waals surface area contributed by atoms with E-state index in [0.717, 1.165) is 5.69 Å². The van der Waals surface area contributed by atoms with E-state index in [1.165, 1.54) is 16.7 Å². The lowest BCUT2D eigenvalue weighted by atomic mass is 9.87. The first kappa shape index (κ1) is 18.7. The van der Waals surface area contributed by atoms with Crippen molar-refractivity contribution in [3.05, 3.63) is 40.8 Å². The van der Waals surface area contributed by atoms with E-state index in [-0.39, 0.29) is 5.82 Å². The van der Waals surface area contributed by atoms with Crippen LogP contribution in [-0.4, -0.2) is 20.6 Å². The van der Waals surface area contributed by atoms with E-state index < -0.39 is 0 Å². The largest absolute Gasteiger partial charge is 0.360 e. The van der Waals surface area contributed by atoms with Gasteiger partial charge >= 0.3 is 0 Å². The van der Waals surface area contributed by atoms with Crippen molar-refractivity contribution < 1.29 is 0 Å². The number of hydrogen-bond acceptors (Lipinski definition) is 5. The van der Waals surface area contributed by atoms with Gasteiger partial charge in [0.25, 0.3) is 0 Å². The molecule has 1 heterocycles. The van der Waals surface area contributed by atoms with Crippen LogP contribution in [0.1, 0.15) is 81.8 Å². The van der Waals surface area contributed by atoms with Crippen LogP contribution in [0.15, 0.2) is 18.3 Å². The fourth-order valence-corrected chi connectivity index (χ4v) is 2.69. The molecule has 0 fully saturated rings. The van der Waals surface area contributed by atoms with Crippen molar-refractivity contribution >= 4 is 11.3 Å². The SMILES string of the molecule is CC(C)c1cc(C(C)C)c(NC=C(C#N)c2nn[nH]n2)c(C(C)C)c1. The van der Waals surface area contributed by atoms with Gasteiger partial charge in [-0.25, -0.2) is 0 Å². The van der Waals surface area contributed by atoms with E-state index in [2.05, 4.69) is 85.7 Å². The summed E-state index contributed by atoms with van der Waals surface area (Å²) in [5.41, 5.74) is 5.23. The zero-order valence-corrected chi connectivity index (χ0v) is 15.8. The minimum absolute atomic E-state index is 0.283. The number of hydrogen-bond donors (Lipinski definition) is 2. The second kappa shape index (κ2) is 7.93. The van der Waals surface area contributed by atoms with Crippen molar-refractivity contribution in [2.24, 2.45) is 0 Å². The average Bonchev–Trinajstić information content (AvgIpc) is 3.08. The molecule has 25 heavy (non-hydrogen) atoms. The Labute approximate surface area is 149 Å². The number of H-pyrrole nitrogens is 1. The van der Waals surface area contributed by atoms with Crippen LogP contribution < -0.4 is 5.32 Å². The highest BCUT2D eigenvalue weighted by atomic mass is 15.5. The fourth-order valence-electron chi connectivity index (χ4n) is 2.69. The summed E-state index contributed by atoms with van der Waals surface area (Å²) >= 11 is 0. The summed E-state index contributed by atoms with van der Waals surface area (Å²) in [7, 11) is 0. The Balaban J connectivity index is 2.53. The second-order valence-electron chi connectivity index (χ2n) is 7.09. The van der Waals surface area contributed by atoms with Gasteiger partial charge in [0.1, 0.15) is 11.6 Å². The van der Waals surface area contributed by atoms with Gasteiger partial charge in [0.15, 0.2) is 0 Å². The Hall–Kier alpha value is -2.68. The lowest BCUT2D eigenvalue weighted by molar-refractivity contribution is 0.808. The summed E-state index contributed by atoms with van der Waals surface area (Å²) in [5.74, 6) is 1.48. The van der Waals surface area contributed by atoms with E-state index in [1.807, 2.05) is 0 Å². The normalized spacial score (nSPS) is 12.1. The van der Waals surface area contributed by atoms with E-state index in [1.54, 1.807) is 6.20 Å². The molecule has 0 spiro atoms. The number of nitriles is 1. The molecule has 0 atom stereocenters. The molecule has 2 rings (SSSR count). The van der Waals surface area contributed by atoms with Crippen LogP contribution in [-0.2, 0) is 0 Å². The summed E-state index contributed by atoms with van der Waals surface area (Å²) in [4.78, 5) is 0. The first-order valence-electron chi connectivity index (χ1n) is 8.63. The molecule has 2 aromatic rings. The number of nitrogens with zero attached hydrogens (tertiary/aromatic N) is 4. The fraction of sp³-hybridized carbons (Fsp3) is 0.474. The molecule has 2 N–H and O–H groups in total. The summed E-state index contributed by atoms with van der Waals surface area (Å²) < 4.78 is 0. The van der Waals surface area contributed by atoms with Crippen molar-refractivity contribution in [1.82, 2.24) is 20.6 Å². The maximum absolute atomic E-state index is 9.37. The van der Waals surface area contributed by atoms with Crippen LogP contribution in [0.4, 0.5) is 5.69 Å². The highest BCUT2D eigenvalue weighted by Gasteiger charge is 2.17. The summed E-state index contributed by atoms with van der Waals surface area (Å²) in [5, 5.41) is 26.3. The molecule has 1 aromatic heterocycles. The number of benzene rings is 1. The molecule has 6 heteroatoms. The molecule has 0 aliphatic heterocycles. The zero-order valence-electron chi connectivity index (χ0n) is 15.8. The van der Waals surface area contributed by atoms with Gasteiger partial charge in [-0.05, 0) is 39.7 Å². The standard InChI is InChI=1S/C19H26N6/c1-11(2)14-7-16(12(3)4)18(17(8-14)13(5)6)21-10-15(9-20)19-22-24-25-23-19/h7-8,10-13,21H,1-6H3,(H,22,23,24,25). The maximum Gasteiger partial charge on any atom is 0.216 e. The van der Waals surface area contributed by atoms with E-state index >= 15 is 0 Å². The van der Waals surface area contributed by atoms with Crippen molar-refractivity contribution in [1.29, 1.82) is 5.26 Å². The summed E-state index contributed by atoms with van der Waals surface area (Å²) in [6.45, 7) is 13.2. The molecule has 0 aliphatic carbocycles. The smallest absolute Gasteiger partial charge is 0.216 e. The van der Waals surface area contributed by atoms with Gasteiger partial charge in [-0.1, -0.05) is 53.7 Å². The van der Waals surface area contributed by atoms with Crippen LogP contribution in [0, 0.1) is 11.3 Å². The number of rotatable bonds is 6. The van der Waals surface area contributed by atoms with Gasteiger partial charge in [-0.2, -0.15) is 10.5 Å². The Kier molecular flexibility index (Phi) is 5.92. The highest BCUT2D eigenvalue weighted by molar-refractivity contribution is 5.75. The quantitative estimate of drug-likeness (QED) is 0.754. The van der Waals surface area contributed by atoms with E-state index in [9.17, 15) is 5.26 Å². The van der Waals surface area contributed by atoms with Crippen LogP contribution >= 0.6 is 0 Å². The summed E-state index contributed by atoms with van der Waals surface area (Å²) in [6, 6.07) is 6.64. The Bertz CT molecular complexity index is 750. The predicted molar refractivity (Wildman–Crippen MR) is 100 cm³/mol. The van der Waals surface area contributed by atoms with Crippen LogP contribution in [0.25, 0.3) is 5.57 Å². The third-order valence-electron chi connectivity index (χ3n) is 4.20. The second-order valence-corrected chi connectivity index (χ2v) is 7.09. The minimum Gasteiger partial charge on any atom is -0.360 e. The minimum atomic E-state index is 0.283. The van der Waals surface area contributed by atoms with Gasteiger partial charge < -0.3 is 5.32 Å². The third kappa shape index (κ3) is 4.24. The Morgan fingerprint density at radius 1 is 1.08 bits per heavy atom. The molecule has 6 nitrogen and oxygen atoms in total. The maximum atomic E-state index is 9.37. The molecular formula is C19H26N6. The van der Waals surface area contributed by atoms with E-state index in [0.29, 0.717) is 23.3 Å². The zero-order chi connectivity index (χ0) is 18.6. The van der Waals surface area contributed by atoms with Gasteiger partial charge in [0.05, 0.1) is 0 Å². The molecule has 0 amide bonds. The lowest BCUT2D eigenvalue weighted by Gasteiger charge is -2.22.